The summed E-state index contributed by atoms with van der Waals surface area (Å²) in [7, 11) is 0. The van der Waals surface area contributed by atoms with Gasteiger partial charge in [-0.1, -0.05) is 47.1 Å². The van der Waals surface area contributed by atoms with Crippen molar-refractivity contribution >= 4 is 51.1 Å². The molecule has 30 heavy (non-hydrogen) atoms. The molecule has 0 saturated heterocycles. The van der Waals surface area contributed by atoms with E-state index in [1.54, 1.807) is 11.1 Å². The lowest BCUT2D eigenvalue weighted by atomic mass is 9.98. The van der Waals surface area contributed by atoms with Gasteiger partial charge in [-0.2, -0.15) is 10.1 Å². The summed E-state index contributed by atoms with van der Waals surface area (Å²) in [6.45, 7) is 2.02. The normalized spacial score (nSPS) is 18.8. The Balaban J connectivity index is 1.61. The van der Waals surface area contributed by atoms with Crippen LogP contribution in [0.5, 0.6) is 0 Å². The Labute approximate surface area is 181 Å². The number of aromatic nitrogens is 1. The van der Waals surface area contributed by atoms with Crippen molar-refractivity contribution in [3.05, 3.63) is 76.2 Å². The minimum atomic E-state index is -0.325. The van der Waals surface area contributed by atoms with Gasteiger partial charge in [0.15, 0.2) is 5.17 Å². The first kappa shape index (κ1) is 19.2. The van der Waals surface area contributed by atoms with Gasteiger partial charge in [-0.3, -0.25) is 4.79 Å². The van der Waals surface area contributed by atoms with Crippen molar-refractivity contribution in [1.82, 2.24) is 9.99 Å². The van der Waals surface area contributed by atoms with Gasteiger partial charge in [0.05, 0.1) is 23.0 Å². The third kappa shape index (κ3) is 3.48. The van der Waals surface area contributed by atoms with Crippen LogP contribution in [0.15, 0.2) is 58.6 Å². The predicted octanol–water partition coefficient (Wildman–Crippen LogP) is 5.12. The zero-order valence-corrected chi connectivity index (χ0v) is 17.5. The molecule has 150 valence electrons. The summed E-state index contributed by atoms with van der Waals surface area (Å²) >= 11 is 7.92. The number of hydrogen-bond donors (Lipinski definition) is 0. The lowest BCUT2D eigenvalue weighted by Crippen LogP contribution is -2.24. The number of aliphatic imine (C=N–C) groups is 1. The second-order valence-electron chi connectivity index (χ2n) is 7.26. The van der Waals surface area contributed by atoms with Crippen LogP contribution in [0.2, 0.25) is 5.15 Å². The van der Waals surface area contributed by atoms with E-state index in [2.05, 4.69) is 16.0 Å². The highest BCUT2D eigenvalue weighted by molar-refractivity contribution is 8.14. The summed E-state index contributed by atoms with van der Waals surface area (Å²) in [6, 6.07) is 14.1. The molecule has 0 saturated carbocycles. The summed E-state index contributed by atoms with van der Waals surface area (Å²) < 4.78 is 13.8. The molecule has 3 heterocycles. The number of fused-ring (bicyclic) bond motifs is 1. The van der Waals surface area contributed by atoms with Gasteiger partial charge in [0.2, 0.25) is 0 Å². The van der Waals surface area contributed by atoms with E-state index in [4.69, 9.17) is 16.7 Å². The van der Waals surface area contributed by atoms with Crippen molar-refractivity contribution in [2.24, 2.45) is 10.1 Å². The van der Waals surface area contributed by atoms with Gasteiger partial charge < -0.3 is 0 Å². The highest BCUT2D eigenvalue weighted by Crippen LogP contribution is 2.39. The fourth-order valence-electron chi connectivity index (χ4n) is 3.71. The van der Waals surface area contributed by atoms with E-state index in [0.717, 1.165) is 22.0 Å². The summed E-state index contributed by atoms with van der Waals surface area (Å²) in [5.74, 6) is -0.234. The molecule has 1 unspecified atom stereocenters. The van der Waals surface area contributed by atoms with E-state index in [0.29, 0.717) is 28.0 Å². The van der Waals surface area contributed by atoms with Crippen molar-refractivity contribution in [3.8, 4) is 0 Å². The van der Waals surface area contributed by atoms with Crippen LogP contribution in [0.1, 0.15) is 29.2 Å². The number of benzene rings is 2. The van der Waals surface area contributed by atoms with Crippen molar-refractivity contribution in [2.45, 2.75) is 19.4 Å². The summed E-state index contributed by atoms with van der Waals surface area (Å²) in [4.78, 5) is 20.4. The molecule has 2 aromatic carbocycles. The number of amidine groups is 1. The van der Waals surface area contributed by atoms with Crippen molar-refractivity contribution in [3.63, 3.8) is 0 Å². The van der Waals surface area contributed by atoms with Gasteiger partial charge in [0, 0.05) is 22.9 Å². The maximum atomic E-state index is 13.8. The molecule has 2 aliphatic heterocycles. The quantitative estimate of drug-likeness (QED) is 0.521. The first-order valence-electron chi connectivity index (χ1n) is 9.42. The smallest absolute Gasteiger partial charge is 0.258 e. The standard InChI is InChI=1S/C22H16ClFN4OS/c1-12-5-6-17-14(7-12)9-16(21(23)25-17)19-10-18(13-3-2-4-15(24)8-13)27-28(19)22-26-20(29)11-30-22/h2-9,19H,10-11H2,1H3. The zero-order chi connectivity index (χ0) is 20.8. The Hall–Kier alpha value is -2.77. The monoisotopic (exact) mass is 438 g/mol. The molecule has 0 N–H and O–H groups in total. The number of carbonyl (C=O) groups excluding carboxylic acids is 1. The Morgan fingerprint density at radius 1 is 1.20 bits per heavy atom. The molecule has 1 atom stereocenters. The number of hydrazone groups is 1. The lowest BCUT2D eigenvalue weighted by Gasteiger charge is -2.23. The summed E-state index contributed by atoms with van der Waals surface area (Å²) in [5.41, 5.74) is 4.14. The highest BCUT2D eigenvalue weighted by atomic mass is 35.5. The Bertz CT molecular complexity index is 1260. The van der Waals surface area contributed by atoms with Crippen LogP contribution >= 0.6 is 23.4 Å². The van der Waals surface area contributed by atoms with Crippen LogP contribution in [0.3, 0.4) is 0 Å². The molecule has 3 aromatic rings. The molecule has 0 bridgehead atoms. The van der Waals surface area contributed by atoms with Gasteiger partial charge in [0.25, 0.3) is 5.91 Å². The second-order valence-corrected chi connectivity index (χ2v) is 8.56. The average Bonchev–Trinajstić information content (AvgIpc) is 3.34. The number of hydrogen-bond acceptors (Lipinski definition) is 5. The van der Waals surface area contributed by atoms with E-state index in [1.807, 2.05) is 31.2 Å². The molecule has 0 spiro atoms. The van der Waals surface area contributed by atoms with Crippen LogP contribution < -0.4 is 0 Å². The molecule has 8 heteroatoms. The molecule has 0 radical (unpaired) electrons. The number of carbonyl (C=O) groups is 1. The van der Waals surface area contributed by atoms with Gasteiger partial charge >= 0.3 is 0 Å². The Morgan fingerprint density at radius 2 is 2.07 bits per heavy atom. The molecule has 5 nitrogen and oxygen atoms in total. The van der Waals surface area contributed by atoms with Crippen LogP contribution in [0.4, 0.5) is 4.39 Å². The first-order chi connectivity index (χ1) is 14.5. The van der Waals surface area contributed by atoms with E-state index in [1.165, 1.54) is 23.9 Å². The Kier molecular flexibility index (Phi) is 4.79. The number of rotatable bonds is 2. The maximum Gasteiger partial charge on any atom is 0.258 e. The number of halogens is 2. The number of thioether (sulfide) groups is 1. The van der Waals surface area contributed by atoms with Gasteiger partial charge in [0.1, 0.15) is 11.0 Å². The van der Waals surface area contributed by atoms with E-state index >= 15 is 0 Å². The summed E-state index contributed by atoms with van der Waals surface area (Å²) in [5, 5.41) is 8.31. The lowest BCUT2D eigenvalue weighted by molar-refractivity contribution is -0.115. The van der Waals surface area contributed by atoms with Gasteiger partial charge in [-0.25, -0.2) is 14.4 Å². The molecule has 5 rings (SSSR count). The molecule has 1 aromatic heterocycles. The minimum absolute atomic E-state index is 0.193. The highest BCUT2D eigenvalue weighted by Gasteiger charge is 2.36. The topological polar surface area (TPSA) is 57.9 Å². The largest absolute Gasteiger partial charge is 0.272 e. The maximum absolute atomic E-state index is 13.8. The van der Waals surface area contributed by atoms with Crippen molar-refractivity contribution in [2.75, 3.05) is 5.75 Å². The number of pyridine rings is 1. The zero-order valence-electron chi connectivity index (χ0n) is 16.0. The fraction of sp³-hybridized carbons (Fsp3) is 0.182. The van der Waals surface area contributed by atoms with Crippen molar-refractivity contribution in [1.29, 1.82) is 0 Å². The Morgan fingerprint density at radius 3 is 2.83 bits per heavy atom. The van der Waals surface area contributed by atoms with E-state index in [9.17, 15) is 9.18 Å². The van der Waals surface area contributed by atoms with Crippen molar-refractivity contribution < 1.29 is 9.18 Å². The third-order valence-corrected chi connectivity index (χ3v) is 6.35. The predicted molar refractivity (Wildman–Crippen MR) is 119 cm³/mol. The molecule has 1 amide bonds. The van der Waals surface area contributed by atoms with Gasteiger partial charge in [-0.15, -0.1) is 0 Å². The number of nitrogens with zero attached hydrogens (tertiary/aromatic N) is 4. The summed E-state index contributed by atoms with van der Waals surface area (Å²) in [6.07, 6.45) is 0.496. The molecular formula is C22H16ClFN4OS. The van der Waals surface area contributed by atoms with Gasteiger partial charge in [-0.05, 0) is 37.3 Å². The minimum Gasteiger partial charge on any atom is -0.272 e. The fourth-order valence-corrected chi connectivity index (χ4v) is 4.76. The molecular weight excluding hydrogens is 423 g/mol. The average molecular weight is 439 g/mol. The SMILES string of the molecule is Cc1ccc2nc(Cl)c(C3CC(c4cccc(F)c4)=NN3C3=NC(=O)CS3)cc2c1. The van der Waals surface area contributed by atoms with Crippen LogP contribution in [-0.4, -0.2) is 32.5 Å². The van der Waals surface area contributed by atoms with Crippen LogP contribution in [-0.2, 0) is 4.79 Å². The van der Waals surface area contributed by atoms with Crippen LogP contribution in [0, 0.1) is 12.7 Å². The number of amides is 1. The third-order valence-electron chi connectivity index (χ3n) is 5.12. The van der Waals surface area contributed by atoms with E-state index in [-0.39, 0.29) is 23.5 Å². The number of aryl methyl sites for hydroxylation is 1. The molecule has 2 aliphatic rings. The molecule has 0 fully saturated rings. The van der Waals surface area contributed by atoms with E-state index < -0.39 is 0 Å². The first-order valence-corrected chi connectivity index (χ1v) is 10.8. The second kappa shape index (κ2) is 7.49. The molecule has 0 aliphatic carbocycles. The van der Waals surface area contributed by atoms with Crippen LogP contribution in [0.25, 0.3) is 10.9 Å².